The van der Waals surface area contributed by atoms with Crippen LogP contribution in [0, 0.1) is 0 Å². The highest BCUT2D eigenvalue weighted by Crippen LogP contribution is 2.29. The van der Waals surface area contributed by atoms with E-state index in [1.54, 1.807) is 18.6 Å². The second-order valence-corrected chi connectivity index (χ2v) is 3.48. The molecule has 0 aliphatic carbocycles. The highest BCUT2D eigenvalue weighted by atomic mass is 32.1. The summed E-state index contributed by atoms with van der Waals surface area (Å²) in [6, 6.07) is 0. The van der Waals surface area contributed by atoms with Gasteiger partial charge in [0, 0.05) is 18.6 Å². The minimum absolute atomic E-state index is 0.287. The van der Waals surface area contributed by atoms with E-state index in [1.807, 2.05) is 0 Å². The number of thiazole rings is 1. The predicted molar refractivity (Wildman–Crippen MR) is 47.1 cm³/mol. The van der Waals surface area contributed by atoms with Crippen molar-refractivity contribution in [2.24, 2.45) is 7.05 Å². The molecular formula is C7H6F2N4S. The Kier molecular flexibility index (Phi) is 2.24. The molecule has 2 aromatic heterocycles. The molecule has 0 saturated heterocycles. The summed E-state index contributed by atoms with van der Waals surface area (Å²) in [5.74, 6) is 0. The summed E-state index contributed by atoms with van der Waals surface area (Å²) >= 11 is 1.28. The first-order valence-corrected chi connectivity index (χ1v) is 4.65. The lowest BCUT2D eigenvalue weighted by Gasteiger charge is -1.98. The highest BCUT2D eigenvalue weighted by molar-refractivity contribution is 7.13. The number of hydrogen-bond acceptors (Lipinski definition) is 4. The van der Waals surface area contributed by atoms with Crippen molar-refractivity contribution in [3.63, 3.8) is 0 Å². The van der Waals surface area contributed by atoms with Crippen LogP contribution in [0.4, 0.5) is 8.78 Å². The Morgan fingerprint density at radius 1 is 1.50 bits per heavy atom. The number of aromatic nitrogens is 4. The van der Waals surface area contributed by atoms with E-state index in [1.165, 1.54) is 16.0 Å². The number of aryl methyl sites for hydroxylation is 1. The van der Waals surface area contributed by atoms with E-state index >= 15 is 0 Å². The van der Waals surface area contributed by atoms with Crippen molar-refractivity contribution in [3.8, 4) is 10.7 Å². The van der Waals surface area contributed by atoms with Gasteiger partial charge in [-0.05, 0) is 0 Å². The lowest BCUT2D eigenvalue weighted by atomic mass is 10.3. The van der Waals surface area contributed by atoms with Crippen LogP contribution in [-0.2, 0) is 7.05 Å². The second-order valence-electron chi connectivity index (χ2n) is 2.58. The lowest BCUT2D eigenvalue weighted by Crippen LogP contribution is -1.95. The van der Waals surface area contributed by atoms with Gasteiger partial charge in [0.25, 0.3) is 6.43 Å². The molecule has 2 heterocycles. The maximum atomic E-state index is 12.5. The first-order chi connectivity index (χ1) is 6.70. The number of alkyl halides is 2. The Labute approximate surface area is 82.2 Å². The molecular weight excluding hydrogens is 210 g/mol. The van der Waals surface area contributed by atoms with Gasteiger partial charge in [0.15, 0.2) is 5.69 Å². The van der Waals surface area contributed by atoms with Gasteiger partial charge in [-0.1, -0.05) is 5.21 Å². The minimum Gasteiger partial charge on any atom is -0.245 e. The fourth-order valence-corrected chi connectivity index (χ4v) is 1.83. The van der Waals surface area contributed by atoms with Crippen molar-refractivity contribution in [1.29, 1.82) is 0 Å². The summed E-state index contributed by atoms with van der Waals surface area (Å²) in [5, 5.41) is 9.18. The SMILES string of the molecule is Cn1nnc(C(F)F)c1-c1nccs1. The molecule has 0 amide bonds. The molecule has 0 N–H and O–H groups in total. The molecule has 0 atom stereocenters. The van der Waals surface area contributed by atoms with Gasteiger partial charge in [-0.15, -0.1) is 16.4 Å². The molecule has 0 aliphatic heterocycles. The average Bonchev–Trinajstić information content (AvgIpc) is 2.71. The molecule has 74 valence electrons. The van der Waals surface area contributed by atoms with Gasteiger partial charge in [0.1, 0.15) is 10.7 Å². The summed E-state index contributed by atoms with van der Waals surface area (Å²) in [7, 11) is 1.57. The summed E-state index contributed by atoms with van der Waals surface area (Å²) in [6.45, 7) is 0. The van der Waals surface area contributed by atoms with Crippen molar-refractivity contribution < 1.29 is 8.78 Å². The first-order valence-electron chi connectivity index (χ1n) is 3.77. The van der Waals surface area contributed by atoms with Gasteiger partial charge in [-0.3, -0.25) is 0 Å². The molecule has 2 aromatic rings. The van der Waals surface area contributed by atoms with Crippen LogP contribution in [0.5, 0.6) is 0 Å². The third kappa shape index (κ3) is 1.39. The van der Waals surface area contributed by atoms with Crippen LogP contribution in [-0.4, -0.2) is 20.0 Å². The maximum absolute atomic E-state index is 12.5. The Balaban J connectivity index is 2.56. The standard InChI is InChI=1S/C7H6F2N4S/c1-13-5(7-10-2-3-14-7)4(6(8)9)11-12-13/h2-3,6H,1H3. The fourth-order valence-electron chi connectivity index (χ4n) is 1.11. The van der Waals surface area contributed by atoms with Gasteiger partial charge >= 0.3 is 0 Å². The zero-order valence-electron chi connectivity index (χ0n) is 7.19. The van der Waals surface area contributed by atoms with Gasteiger partial charge in [-0.2, -0.15) is 0 Å². The number of nitrogens with zero attached hydrogens (tertiary/aromatic N) is 4. The zero-order chi connectivity index (χ0) is 10.1. The second kappa shape index (κ2) is 3.41. The van der Waals surface area contributed by atoms with Crippen molar-refractivity contribution in [2.45, 2.75) is 6.43 Å². The van der Waals surface area contributed by atoms with E-state index in [-0.39, 0.29) is 11.4 Å². The van der Waals surface area contributed by atoms with Crippen LogP contribution in [0.1, 0.15) is 12.1 Å². The topological polar surface area (TPSA) is 43.6 Å². The van der Waals surface area contributed by atoms with E-state index in [0.717, 1.165) is 0 Å². The minimum atomic E-state index is -2.62. The van der Waals surface area contributed by atoms with E-state index in [4.69, 9.17) is 0 Å². The van der Waals surface area contributed by atoms with Gasteiger partial charge in [0.05, 0.1) is 0 Å². The number of hydrogen-bond donors (Lipinski definition) is 0. The summed E-state index contributed by atoms with van der Waals surface area (Å²) in [5.41, 5.74) is -0.0301. The van der Waals surface area contributed by atoms with Crippen LogP contribution in [0.2, 0.25) is 0 Å². The predicted octanol–water partition coefficient (Wildman–Crippen LogP) is 1.88. The monoisotopic (exact) mass is 216 g/mol. The molecule has 0 bridgehead atoms. The largest absolute Gasteiger partial charge is 0.284 e. The third-order valence-corrected chi connectivity index (χ3v) is 2.47. The van der Waals surface area contributed by atoms with Crippen LogP contribution in [0.15, 0.2) is 11.6 Å². The Morgan fingerprint density at radius 2 is 2.29 bits per heavy atom. The molecule has 0 spiro atoms. The van der Waals surface area contributed by atoms with Gasteiger partial charge in [-0.25, -0.2) is 18.4 Å². The summed E-state index contributed by atoms with van der Waals surface area (Å²) in [4.78, 5) is 3.95. The zero-order valence-corrected chi connectivity index (χ0v) is 8.00. The Morgan fingerprint density at radius 3 is 2.86 bits per heavy atom. The molecule has 4 nitrogen and oxygen atoms in total. The molecule has 0 saturated carbocycles. The molecule has 0 fully saturated rings. The van der Waals surface area contributed by atoms with E-state index in [9.17, 15) is 8.78 Å². The normalized spacial score (nSPS) is 11.1. The van der Waals surface area contributed by atoms with Crippen LogP contribution < -0.4 is 0 Å². The number of halogens is 2. The smallest absolute Gasteiger partial charge is 0.245 e. The van der Waals surface area contributed by atoms with Crippen LogP contribution in [0.25, 0.3) is 10.7 Å². The van der Waals surface area contributed by atoms with Crippen LogP contribution in [0.3, 0.4) is 0 Å². The molecule has 2 rings (SSSR count). The van der Waals surface area contributed by atoms with Gasteiger partial charge in [0.2, 0.25) is 0 Å². The first kappa shape index (κ1) is 9.20. The number of rotatable bonds is 2. The highest BCUT2D eigenvalue weighted by Gasteiger charge is 2.22. The molecule has 0 radical (unpaired) electrons. The average molecular weight is 216 g/mol. The molecule has 14 heavy (non-hydrogen) atoms. The summed E-state index contributed by atoms with van der Waals surface area (Å²) < 4.78 is 26.3. The Hall–Kier alpha value is -1.37. The Bertz CT molecular complexity index is 423. The molecule has 0 aromatic carbocycles. The van der Waals surface area contributed by atoms with Crippen LogP contribution >= 0.6 is 11.3 Å². The van der Waals surface area contributed by atoms with E-state index in [0.29, 0.717) is 5.01 Å². The van der Waals surface area contributed by atoms with Crippen molar-refractivity contribution in [2.75, 3.05) is 0 Å². The van der Waals surface area contributed by atoms with Crippen molar-refractivity contribution in [3.05, 3.63) is 17.3 Å². The third-order valence-electron chi connectivity index (χ3n) is 1.69. The fraction of sp³-hybridized carbons (Fsp3) is 0.286. The van der Waals surface area contributed by atoms with E-state index in [2.05, 4.69) is 15.3 Å². The molecule has 0 aliphatic rings. The summed E-state index contributed by atoms with van der Waals surface area (Å²) in [6.07, 6.45) is -1.06. The van der Waals surface area contributed by atoms with Crippen molar-refractivity contribution >= 4 is 11.3 Å². The van der Waals surface area contributed by atoms with Crippen molar-refractivity contribution in [1.82, 2.24) is 20.0 Å². The van der Waals surface area contributed by atoms with Gasteiger partial charge < -0.3 is 0 Å². The molecule has 0 unspecified atom stereocenters. The maximum Gasteiger partial charge on any atom is 0.284 e. The quantitative estimate of drug-likeness (QED) is 0.769. The lowest BCUT2D eigenvalue weighted by molar-refractivity contribution is 0.146. The molecule has 7 heteroatoms. The van der Waals surface area contributed by atoms with E-state index < -0.39 is 6.43 Å².